The maximum absolute atomic E-state index is 13.2. The Balaban J connectivity index is 1.76. The van der Waals surface area contributed by atoms with E-state index in [1.54, 1.807) is 31.6 Å². The third-order valence-electron chi connectivity index (χ3n) is 5.03. The molecule has 0 aliphatic carbocycles. The van der Waals surface area contributed by atoms with Gasteiger partial charge in [-0.25, -0.2) is 18.4 Å². The van der Waals surface area contributed by atoms with Crippen LogP contribution in [0.2, 0.25) is 0 Å². The highest BCUT2D eigenvalue weighted by atomic mass is 32.2. The second-order valence-corrected chi connectivity index (χ2v) is 9.09. The van der Waals surface area contributed by atoms with Crippen molar-refractivity contribution >= 4 is 21.5 Å². The third kappa shape index (κ3) is 4.60. The molecule has 4 rings (SSSR count). The number of rotatable bonds is 6. The molecule has 0 amide bonds. The predicted molar refractivity (Wildman–Crippen MR) is 117 cm³/mol. The second kappa shape index (κ2) is 8.81. The monoisotopic (exact) mass is 424 g/mol. The normalized spacial score (nSPS) is 14.5. The van der Waals surface area contributed by atoms with E-state index in [-0.39, 0.29) is 5.75 Å². The molecule has 30 heavy (non-hydrogen) atoms. The highest BCUT2D eigenvalue weighted by Crippen LogP contribution is 2.30. The summed E-state index contributed by atoms with van der Waals surface area (Å²) in [6, 6.07) is 14.7. The summed E-state index contributed by atoms with van der Waals surface area (Å²) in [5.41, 5.74) is 3.16. The van der Waals surface area contributed by atoms with Gasteiger partial charge in [0.25, 0.3) is 0 Å². The molecule has 2 aromatic carbocycles. The van der Waals surface area contributed by atoms with Crippen LogP contribution in [0.5, 0.6) is 0 Å². The molecule has 0 saturated carbocycles. The van der Waals surface area contributed by atoms with E-state index in [2.05, 4.69) is 20.2 Å². The van der Waals surface area contributed by atoms with Crippen LogP contribution in [0.1, 0.15) is 5.56 Å². The first-order valence-corrected chi connectivity index (χ1v) is 11.4. The minimum atomic E-state index is -3.53. The van der Waals surface area contributed by atoms with Crippen LogP contribution in [-0.4, -0.2) is 51.7 Å². The lowest BCUT2D eigenvalue weighted by Gasteiger charge is -2.29. The zero-order chi connectivity index (χ0) is 21.0. The van der Waals surface area contributed by atoms with Gasteiger partial charge in [0.05, 0.1) is 23.9 Å². The Morgan fingerprint density at radius 1 is 1.00 bits per heavy atom. The van der Waals surface area contributed by atoms with E-state index in [1.165, 1.54) is 0 Å². The average molecular weight is 425 g/mol. The number of hydrogen-bond acceptors (Lipinski definition) is 7. The Labute approximate surface area is 176 Å². The maximum Gasteiger partial charge on any atom is 0.222 e. The van der Waals surface area contributed by atoms with E-state index in [0.717, 1.165) is 35.5 Å². The molecule has 1 aromatic heterocycles. The zero-order valence-electron chi connectivity index (χ0n) is 16.8. The highest BCUT2D eigenvalue weighted by Gasteiger charge is 2.20. The Hall–Kier alpha value is -2.97. The Morgan fingerprint density at radius 2 is 1.70 bits per heavy atom. The number of anilines is 2. The molecule has 1 aliphatic heterocycles. The summed E-state index contributed by atoms with van der Waals surface area (Å²) < 4.78 is 31.9. The smallest absolute Gasteiger partial charge is 0.222 e. The van der Waals surface area contributed by atoms with E-state index < -0.39 is 9.84 Å². The molecular weight excluding hydrogens is 400 g/mol. The van der Waals surface area contributed by atoms with Crippen LogP contribution in [0.25, 0.3) is 11.1 Å². The van der Waals surface area contributed by atoms with Gasteiger partial charge < -0.3 is 15.0 Å². The number of nitrogens with one attached hydrogen (secondary N) is 1. The van der Waals surface area contributed by atoms with E-state index >= 15 is 0 Å². The number of ether oxygens (including phenoxy) is 1. The Morgan fingerprint density at radius 3 is 2.37 bits per heavy atom. The fourth-order valence-corrected chi connectivity index (χ4v) is 4.82. The van der Waals surface area contributed by atoms with Crippen LogP contribution in [0.15, 0.2) is 65.8 Å². The fraction of sp³-hybridized carbons (Fsp3) is 0.273. The van der Waals surface area contributed by atoms with Gasteiger partial charge in [-0.05, 0) is 29.3 Å². The summed E-state index contributed by atoms with van der Waals surface area (Å²) >= 11 is 0. The lowest BCUT2D eigenvalue weighted by atomic mass is 10.1. The molecule has 1 aliphatic rings. The number of aromatic nitrogens is 2. The summed E-state index contributed by atoms with van der Waals surface area (Å²) in [6.45, 7) is 2.68. The summed E-state index contributed by atoms with van der Waals surface area (Å²) in [6.07, 6.45) is 3.40. The quantitative estimate of drug-likeness (QED) is 0.651. The van der Waals surface area contributed by atoms with Gasteiger partial charge in [0.15, 0.2) is 9.84 Å². The Kier molecular flexibility index (Phi) is 5.96. The summed E-state index contributed by atoms with van der Waals surface area (Å²) in [5.74, 6) is 0.467. The number of hydrogen-bond donors (Lipinski definition) is 1. The SMILES string of the molecule is CNc1ncc(-c2cc(N3CCOCC3)cc(S(=O)(=O)Cc3ccccc3)c2)cn1. The third-order valence-corrected chi connectivity index (χ3v) is 6.70. The van der Waals surface area contributed by atoms with Gasteiger partial charge in [0.1, 0.15) is 0 Å². The van der Waals surface area contributed by atoms with Gasteiger partial charge in [0, 0.05) is 43.8 Å². The molecule has 0 radical (unpaired) electrons. The van der Waals surface area contributed by atoms with Gasteiger partial charge >= 0.3 is 0 Å². The molecule has 7 nitrogen and oxygen atoms in total. The van der Waals surface area contributed by atoms with E-state index in [1.807, 2.05) is 36.4 Å². The van der Waals surface area contributed by atoms with Crippen molar-refractivity contribution in [1.82, 2.24) is 9.97 Å². The molecule has 1 N–H and O–H groups in total. The molecule has 156 valence electrons. The highest BCUT2D eigenvalue weighted by molar-refractivity contribution is 7.90. The fourth-order valence-electron chi connectivity index (χ4n) is 3.42. The average Bonchev–Trinajstić information content (AvgIpc) is 2.80. The number of sulfone groups is 1. The molecule has 0 bridgehead atoms. The van der Waals surface area contributed by atoms with Crippen molar-refractivity contribution < 1.29 is 13.2 Å². The van der Waals surface area contributed by atoms with Gasteiger partial charge in [0.2, 0.25) is 5.95 Å². The van der Waals surface area contributed by atoms with Gasteiger partial charge in [-0.1, -0.05) is 30.3 Å². The number of morpholine rings is 1. The van der Waals surface area contributed by atoms with Crippen LogP contribution in [0.3, 0.4) is 0 Å². The first-order chi connectivity index (χ1) is 14.5. The molecular formula is C22H24N4O3S. The van der Waals surface area contributed by atoms with Crippen molar-refractivity contribution in [3.05, 3.63) is 66.5 Å². The predicted octanol–water partition coefficient (Wildman–Crippen LogP) is 3.00. The summed E-state index contributed by atoms with van der Waals surface area (Å²) in [7, 11) is -1.78. The van der Waals surface area contributed by atoms with Crippen LogP contribution < -0.4 is 10.2 Å². The van der Waals surface area contributed by atoms with Crippen molar-refractivity contribution in [2.45, 2.75) is 10.6 Å². The lowest BCUT2D eigenvalue weighted by molar-refractivity contribution is 0.122. The van der Waals surface area contributed by atoms with Crippen LogP contribution in [0.4, 0.5) is 11.6 Å². The first-order valence-electron chi connectivity index (χ1n) is 9.80. The zero-order valence-corrected chi connectivity index (χ0v) is 17.6. The van der Waals surface area contributed by atoms with Crippen molar-refractivity contribution in [2.24, 2.45) is 0 Å². The molecule has 0 atom stereocenters. The van der Waals surface area contributed by atoms with Crippen LogP contribution in [-0.2, 0) is 20.3 Å². The van der Waals surface area contributed by atoms with Crippen LogP contribution in [0, 0.1) is 0 Å². The summed E-state index contributed by atoms with van der Waals surface area (Å²) in [4.78, 5) is 11.0. The first kappa shape index (κ1) is 20.3. The maximum atomic E-state index is 13.2. The van der Waals surface area contributed by atoms with Crippen molar-refractivity contribution in [3.8, 4) is 11.1 Å². The standard InChI is InChI=1S/C22H24N4O3S/c1-23-22-24-14-19(15-25-22)18-11-20(26-7-9-29-10-8-26)13-21(12-18)30(27,28)16-17-5-3-2-4-6-17/h2-6,11-15H,7-10,16H2,1H3,(H,23,24,25). The van der Waals surface area contributed by atoms with Crippen LogP contribution >= 0.6 is 0 Å². The van der Waals surface area contributed by atoms with E-state index in [9.17, 15) is 8.42 Å². The van der Waals surface area contributed by atoms with Crippen molar-refractivity contribution in [2.75, 3.05) is 43.6 Å². The largest absolute Gasteiger partial charge is 0.378 e. The van der Waals surface area contributed by atoms with Gasteiger partial charge in [-0.3, -0.25) is 0 Å². The topological polar surface area (TPSA) is 84.4 Å². The minimum Gasteiger partial charge on any atom is -0.378 e. The van der Waals surface area contributed by atoms with Crippen molar-refractivity contribution in [1.29, 1.82) is 0 Å². The molecule has 0 spiro atoms. The summed E-state index contributed by atoms with van der Waals surface area (Å²) in [5, 5.41) is 2.89. The van der Waals surface area contributed by atoms with E-state index in [0.29, 0.717) is 24.1 Å². The molecule has 3 aromatic rings. The lowest BCUT2D eigenvalue weighted by Crippen LogP contribution is -2.36. The number of benzene rings is 2. The molecule has 2 heterocycles. The molecule has 1 saturated heterocycles. The van der Waals surface area contributed by atoms with Gasteiger partial charge in [-0.2, -0.15) is 0 Å². The van der Waals surface area contributed by atoms with Gasteiger partial charge in [-0.15, -0.1) is 0 Å². The molecule has 0 unspecified atom stereocenters. The second-order valence-electron chi connectivity index (χ2n) is 7.11. The molecule has 8 heteroatoms. The number of nitrogens with zero attached hydrogens (tertiary/aromatic N) is 3. The Bertz CT molecular complexity index is 1100. The molecule has 1 fully saturated rings. The minimum absolute atomic E-state index is 0.0466. The van der Waals surface area contributed by atoms with E-state index in [4.69, 9.17) is 4.74 Å². The van der Waals surface area contributed by atoms with Crippen molar-refractivity contribution in [3.63, 3.8) is 0 Å².